The average molecular weight is 345 g/mol. The number of rotatable bonds is 4. The number of imidazole rings is 1. The molecule has 3 rings (SSSR count). The molecule has 0 aliphatic rings. The Kier molecular flexibility index (Phi) is 4.05. The Morgan fingerprint density at radius 2 is 1.80 bits per heavy atom. The second-order valence-corrected chi connectivity index (χ2v) is 6.52. The summed E-state index contributed by atoms with van der Waals surface area (Å²) < 4.78 is 25.2. The molecule has 1 N–H and O–H groups in total. The molecule has 7 nitrogen and oxygen atoms in total. The molecule has 11 radical (unpaired) electrons. The molecule has 0 saturated carbocycles. The third-order valence-corrected chi connectivity index (χ3v) is 4.62. The Labute approximate surface area is 144 Å². The molecule has 3 aromatic rings. The first-order valence-electron chi connectivity index (χ1n) is 6.48. The van der Waals surface area contributed by atoms with Gasteiger partial charge in [0.25, 0.3) is 10.0 Å². The highest BCUT2D eigenvalue weighted by molar-refractivity contribution is 7.94. The summed E-state index contributed by atoms with van der Waals surface area (Å²) in [6, 6.07) is 20.4. The molecule has 0 spiro atoms. The van der Waals surface area contributed by atoms with Gasteiger partial charge >= 0.3 is 0 Å². The molecule has 8 heteroatoms. The quantitative estimate of drug-likeness (QED) is 0.521. The normalized spacial score (nSPS) is 12.4. The zero-order valence-electron chi connectivity index (χ0n) is 12.4. The second-order valence-electron chi connectivity index (χ2n) is 4.63. The molecule has 2 aromatic carbocycles. The molecule has 0 saturated heterocycles. The van der Waals surface area contributed by atoms with E-state index in [2.05, 4.69) is 72.2 Å². The maximum absolute atomic E-state index is 12.3. The van der Waals surface area contributed by atoms with Crippen molar-refractivity contribution in [3.63, 3.8) is 0 Å². The van der Waals surface area contributed by atoms with Gasteiger partial charge in [-0.05, 0) is 12.1 Å². The van der Waals surface area contributed by atoms with Gasteiger partial charge < -0.3 is 0 Å². The molecule has 0 unspecified atom stereocenters. The van der Waals surface area contributed by atoms with Crippen molar-refractivity contribution in [3.8, 4) is 0 Å². The van der Waals surface area contributed by atoms with Gasteiger partial charge in [-0.25, -0.2) is 13.4 Å². The van der Waals surface area contributed by atoms with Gasteiger partial charge in [-0.3, -0.25) is 5.73 Å². The average Bonchev–Trinajstić information content (AvgIpc) is 2.92. The number of fused-ring (bicyclic) bond motifs is 1. The van der Waals surface area contributed by atoms with E-state index in [-0.39, 0.29) is 27.9 Å². The van der Waals surface area contributed by atoms with Gasteiger partial charge in [0.05, 0.1) is 10.4 Å². The molecule has 0 aliphatic carbocycles. The first-order valence-corrected chi connectivity index (χ1v) is 7.92. The summed E-state index contributed by atoms with van der Waals surface area (Å²) in [6.07, 6.45) is 0. The van der Waals surface area contributed by atoms with Crippen LogP contribution >= 0.6 is 0 Å². The number of nitrogens with one attached hydrogen (secondary N) is 1. The summed E-state index contributed by atoms with van der Waals surface area (Å²) in [5, 5.41) is 14.1. The van der Waals surface area contributed by atoms with Crippen molar-refractivity contribution in [2.24, 2.45) is 5.16 Å². The van der Waals surface area contributed by atoms with E-state index in [9.17, 15) is 13.6 Å². The molecule has 1 heterocycles. The predicted octanol–water partition coefficient (Wildman–Crippen LogP) is 1.06. The lowest BCUT2D eigenvalue weighted by molar-refractivity contribution is 0.210. The van der Waals surface area contributed by atoms with Gasteiger partial charge in [0.2, 0.25) is 5.95 Å². The second kappa shape index (κ2) is 6.06. The number of hydrogen-bond acceptors (Lipinski definition) is 4. The van der Waals surface area contributed by atoms with E-state index in [0.717, 1.165) is 0 Å². The molecule has 0 fully saturated rings. The van der Waals surface area contributed by atoms with Crippen LogP contribution in [0.5, 0.6) is 0 Å². The third kappa shape index (κ3) is 2.76. The fraction of sp³-hybridized carbons (Fsp3) is 0. The molecule has 1 aromatic heterocycles. The molecule has 0 aliphatic heterocycles. The minimum atomic E-state index is -4.16. The number of allylic oxidation sites excluding steroid dienone is 1. The Hall–Kier alpha value is -3.13. The lowest BCUT2D eigenvalue weighted by Crippen LogP contribution is -2.14. The summed E-state index contributed by atoms with van der Waals surface area (Å²) in [7, 11) is -4.16. The van der Waals surface area contributed by atoms with Crippen molar-refractivity contribution >= 4 is 32.7 Å². The molecule has 117 valence electrons. The van der Waals surface area contributed by atoms with Crippen molar-refractivity contribution in [2.45, 2.75) is 0 Å². The summed E-state index contributed by atoms with van der Waals surface area (Å²) in [5.41, 5.74) is 7.62. The van der Waals surface area contributed by atoms with Gasteiger partial charge in [-0.1, -0.05) is 6.58 Å². The zero-order valence-corrected chi connectivity index (χ0v) is 13.2. The van der Waals surface area contributed by atoms with Crippen LogP contribution in [0.25, 0.3) is 11.0 Å². The van der Waals surface area contributed by atoms with Crippen LogP contribution in [0.2, 0.25) is 0 Å². The Morgan fingerprint density at radius 3 is 2.40 bits per heavy atom. The van der Waals surface area contributed by atoms with Crippen LogP contribution in [0, 0.1) is 55.5 Å². The van der Waals surface area contributed by atoms with Crippen LogP contribution in [-0.4, -0.2) is 23.1 Å². The number of aromatic nitrogens is 2. The lowest BCUT2D eigenvalue weighted by Gasteiger charge is -2.07. The fourth-order valence-corrected chi connectivity index (χ4v) is 2.84. The Balaban J connectivity index is 2.26. The minimum absolute atomic E-state index is 0.00553. The van der Waals surface area contributed by atoms with Crippen LogP contribution < -0.4 is 5.73 Å². The van der Waals surface area contributed by atoms with E-state index in [0.29, 0.717) is 3.97 Å². The highest BCUT2D eigenvalue weighted by Crippen LogP contribution is 2.24. The van der Waals surface area contributed by atoms with Crippen LogP contribution in [0.3, 0.4) is 0 Å². The highest BCUT2D eigenvalue weighted by atomic mass is 32.2. The van der Waals surface area contributed by atoms with Crippen molar-refractivity contribution < 1.29 is 13.6 Å². The van der Waals surface area contributed by atoms with Crippen LogP contribution in [0.4, 0.5) is 5.95 Å². The van der Waals surface area contributed by atoms with Crippen molar-refractivity contribution in [1.82, 2.24) is 14.7 Å². The summed E-state index contributed by atoms with van der Waals surface area (Å²) in [6.45, 7) is 6.59. The monoisotopic (exact) mass is 345 g/mol. The van der Waals surface area contributed by atoms with E-state index in [1.807, 2.05) is 0 Å². The largest absolute Gasteiger partial charge is 0.266 e. The molecule has 0 atom stereocenters. The number of hydrogen-bond donors (Lipinski definition) is 0. The minimum Gasteiger partial charge on any atom is -0.266 e. The predicted molar refractivity (Wildman–Crippen MR) is 84.8 cm³/mol. The van der Waals surface area contributed by atoms with E-state index in [4.69, 9.17) is 5.73 Å². The van der Waals surface area contributed by atoms with Gasteiger partial charge in [0.15, 0.2) is 0 Å². The van der Waals surface area contributed by atoms with E-state index < -0.39 is 20.9 Å². The smallest absolute Gasteiger partial charge is 0.266 e. The summed E-state index contributed by atoms with van der Waals surface area (Å²) in [5.74, 6) is -0.576. The van der Waals surface area contributed by atoms with E-state index >= 15 is 0 Å². The molecule has 0 bridgehead atoms. The Bertz CT molecular complexity index is 1100. The van der Waals surface area contributed by atoms with Gasteiger partial charge in [-0.2, -0.15) is 3.97 Å². The lowest BCUT2D eigenvalue weighted by atomic mass is 10.0. The Morgan fingerprint density at radius 1 is 1.12 bits per heavy atom. The van der Waals surface area contributed by atoms with Crippen LogP contribution in [-0.2, 0) is 15.2 Å². The number of nitrogens with zero attached hydrogens (tertiary/aromatic N) is 3. The van der Waals surface area contributed by atoms with Crippen molar-refractivity contribution in [2.75, 3.05) is 0 Å². The first kappa shape index (κ1) is 16.7. The van der Waals surface area contributed by atoms with Crippen molar-refractivity contribution in [1.29, 1.82) is 0 Å². The van der Waals surface area contributed by atoms with E-state index in [1.54, 1.807) is 0 Å². The SMILES string of the molecule is [CH2]C(=C)S(=O)(=O)n1c([NH])nc2[c][c]c(/C(=N/[O])c3[c][c][c][c][c]3)[c]c21. The standard InChI is InChI=1S/C17H5N4O3S/c1-11(2)25(23,24)21-15-10-13(8-9-14(15)19-17(21)18)16(20-22)12-6-4-3-5-7-12/h18H,1-2H2/b20-16+. The van der Waals surface area contributed by atoms with Crippen molar-refractivity contribution in [3.05, 3.63) is 78.1 Å². The maximum Gasteiger partial charge on any atom is 0.266 e. The summed E-state index contributed by atoms with van der Waals surface area (Å²) in [4.78, 5) is 3.35. The maximum atomic E-state index is 12.3. The third-order valence-electron chi connectivity index (χ3n) is 3.06. The molecular weight excluding hydrogens is 340 g/mol. The van der Waals surface area contributed by atoms with Crippen LogP contribution in [0.1, 0.15) is 11.1 Å². The van der Waals surface area contributed by atoms with Gasteiger partial charge in [0.1, 0.15) is 11.2 Å². The van der Waals surface area contributed by atoms with E-state index in [1.165, 1.54) is 0 Å². The summed E-state index contributed by atoms with van der Waals surface area (Å²) >= 11 is 0. The van der Waals surface area contributed by atoms with Gasteiger partial charge in [0, 0.05) is 59.7 Å². The molecule has 25 heavy (non-hydrogen) atoms. The zero-order chi connectivity index (χ0) is 18.2. The molecular formula is C17H5N4O3S. The first-order chi connectivity index (χ1) is 11.9. The van der Waals surface area contributed by atoms with Gasteiger partial charge in [-0.15, -0.1) is 5.21 Å². The number of benzene rings is 2. The highest BCUT2D eigenvalue weighted by Gasteiger charge is 2.23. The molecule has 0 amide bonds. The van der Waals surface area contributed by atoms with Crippen LogP contribution in [0.15, 0.2) is 16.6 Å². The topological polar surface area (TPSA) is 108 Å². The fourth-order valence-electron chi connectivity index (χ4n) is 1.94.